The molecule has 1 heterocycles. The van der Waals surface area contributed by atoms with Crippen molar-refractivity contribution >= 4 is 42.6 Å². The summed E-state index contributed by atoms with van der Waals surface area (Å²) in [4.78, 5) is 0.148. The second-order valence-electron chi connectivity index (χ2n) is 6.79. The highest BCUT2D eigenvalue weighted by atomic mass is 32.2. The number of hydrogen-bond acceptors (Lipinski definition) is 7. The first-order chi connectivity index (χ1) is 12.5. The molecule has 0 bridgehead atoms. The van der Waals surface area contributed by atoms with Gasteiger partial charge in [0.05, 0.1) is 21.4 Å². The third-order valence-corrected chi connectivity index (χ3v) is 8.70. The summed E-state index contributed by atoms with van der Waals surface area (Å²) >= 11 is 0.922. The van der Waals surface area contributed by atoms with Crippen LogP contribution in [0.5, 0.6) is 0 Å². The zero-order valence-electron chi connectivity index (χ0n) is 15.0. The van der Waals surface area contributed by atoms with Crippen LogP contribution < -0.4 is 4.72 Å². The van der Waals surface area contributed by atoms with Crippen molar-refractivity contribution < 1.29 is 16.8 Å². The van der Waals surface area contributed by atoms with Crippen LogP contribution in [0.25, 0.3) is 11.0 Å². The molecule has 3 aromatic rings. The van der Waals surface area contributed by atoms with E-state index in [0.29, 0.717) is 5.52 Å². The molecule has 0 radical (unpaired) electrons. The van der Waals surface area contributed by atoms with Crippen molar-refractivity contribution in [2.45, 2.75) is 35.3 Å². The number of rotatable bonds is 6. The highest BCUT2D eigenvalue weighted by molar-refractivity contribution is 7.93. The first kappa shape index (κ1) is 19.9. The average Bonchev–Trinajstić information content (AvgIpc) is 3.08. The fourth-order valence-corrected chi connectivity index (χ4v) is 6.11. The second kappa shape index (κ2) is 6.93. The van der Waals surface area contributed by atoms with E-state index in [1.165, 1.54) is 26.0 Å². The molecule has 0 saturated heterocycles. The number of hydrogen-bond donors (Lipinski definition) is 1. The van der Waals surface area contributed by atoms with Gasteiger partial charge in [-0.2, -0.15) is 8.75 Å². The Balaban J connectivity index is 1.89. The van der Waals surface area contributed by atoms with Crippen LogP contribution in [0.2, 0.25) is 0 Å². The van der Waals surface area contributed by atoms with E-state index in [2.05, 4.69) is 13.5 Å². The Kier molecular flexibility index (Phi) is 5.10. The number of nitrogens with zero attached hydrogens (tertiary/aromatic N) is 2. The number of sulfone groups is 1. The van der Waals surface area contributed by atoms with Gasteiger partial charge in [-0.25, -0.2) is 21.6 Å². The van der Waals surface area contributed by atoms with Crippen molar-refractivity contribution in [3.05, 3.63) is 48.0 Å². The van der Waals surface area contributed by atoms with Gasteiger partial charge in [0.2, 0.25) is 10.0 Å². The topological polar surface area (TPSA) is 106 Å². The molecule has 1 N–H and O–H groups in total. The molecule has 0 fully saturated rings. The minimum absolute atomic E-state index is 0.0162. The quantitative estimate of drug-likeness (QED) is 0.650. The summed E-state index contributed by atoms with van der Waals surface area (Å²) in [6.07, 6.45) is 0. The Morgan fingerprint density at radius 1 is 1.04 bits per heavy atom. The third kappa shape index (κ3) is 3.75. The highest BCUT2D eigenvalue weighted by Gasteiger charge is 2.37. The molecule has 0 amide bonds. The molecule has 0 saturated carbocycles. The normalized spacial score (nSPS) is 13.1. The maximum absolute atomic E-state index is 13.0. The lowest BCUT2D eigenvalue weighted by atomic mass is 10.2. The molecule has 0 spiro atoms. The summed E-state index contributed by atoms with van der Waals surface area (Å²) in [5.41, 5.74) is 1.57. The Bertz CT molecular complexity index is 1200. The van der Waals surface area contributed by atoms with Gasteiger partial charge in [-0.05, 0) is 50.6 Å². The van der Waals surface area contributed by atoms with Crippen LogP contribution in [-0.4, -0.2) is 36.9 Å². The van der Waals surface area contributed by atoms with Crippen molar-refractivity contribution in [1.82, 2.24) is 13.5 Å². The number of nitrogens with one attached hydrogen (secondary N) is 1. The maximum Gasteiger partial charge on any atom is 0.242 e. The van der Waals surface area contributed by atoms with Crippen LogP contribution in [0.4, 0.5) is 0 Å². The minimum Gasteiger partial charge on any atom is -0.223 e. The van der Waals surface area contributed by atoms with Gasteiger partial charge >= 0.3 is 0 Å². The molecule has 0 aliphatic rings. The summed E-state index contributed by atoms with van der Waals surface area (Å²) in [6.45, 7) is 4.52. The molecule has 144 valence electrons. The van der Waals surface area contributed by atoms with Crippen LogP contribution >= 0.6 is 11.7 Å². The summed E-state index contributed by atoms with van der Waals surface area (Å²) in [6, 6.07) is 11.2. The molecule has 7 nitrogen and oxygen atoms in total. The first-order valence-electron chi connectivity index (χ1n) is 8.07. The summed E-state index contributed by atoms with van der Waals surface area (Å²) in [5, 5.41) is 0. The van der Waals surface area contributed by atoms with E-state index < -0.39 is 24.6 Å². The van der Waals surface area contributed by atoms with Crippen molar-refractivity contribution in [1.29, 1.82) is 0 Å². The fraction of sp³-hybridized carbons (Fsp3) is 0.294. The molecule has 0 atom stereocenters. The second-order valence-corrected chi connectivity index (χ2v) is 11.6. The largest absolute Gasteiger partial charge is 0.242 e. The molecule has 0 unspecified atom stereocenters. The summed E-state index contributed by atoms with van der Waals surface area (Å²) in [5.74, 6) is 0. The van der Waals surface area contributed by atoms with E-state index in [1.54, 1.807) is 37.3 Å². The lowest BCUT2D eigenvalue weighted by Gasteiger charge is -2.25. The van der Waals surface area contributed by atoms with Gasteiger partial charge in [0.25, 0.3) is 0 Å². The van der Waals surface area contributed by atoms with E-state index >= 15 is 0 Å². The average molecular weight is 426 g/mol. The predicted octanol–water partition coefficient (Wildman–Crippen LogP) is 2.53. The van der Waals surface area contributed by atoms with Crippen LogP contribution in [-0.2, 0) is 19.9 Å². The Labute approximate surface area is 162 Å². The van der Waals surface area contributed by atoms with Crippen molar-refractivity contribution in [3.63, 3.8) is 0 Å². The van der Waals surface area contributed by atoms with Crippen molar-refractivity contribution in [2.24, 2.45) is 0 Å². The van der Waals surface area contributed by atoms with Crippen LogP contribution in [0, 0.1) is 6.92 Å². The van der Waals surface area contributed by atoms with Gasteiger partial charge < -0.3 is 0 Å². The molecular formula is C17H19N3O4S3. The fourth-order valence-electron chi connectivity index (χ4n) is 2.54. The Hall–Kier alpha value is -1.88. The highest BCUT2D eigenvalue weighted by Crippen LogP contribution is 2.27. The molecular weight excluding hydrogens is 406 g/mol. The van der Waals surface area contributed by atoms with Gasteiger partial charge in [0.1, 0.15) is 15.9 Å². The SMILES string of the molecule is Cc1cccc(S(=O)(=O)C(C)(C)CNS(=O)(=O)c2cccc3nsnc23)c1. The van der Waals surface area contributed by atoms with Crippen molar-refractivity contribution in [2.75, 3.05) is 6.54 Å². The molecule has 0 aliphatic carbocycles. The zero-order valence-corrected chi connectivity index (χ0v) is 17.5. The standard InChI is InChI=1S/C17H19N3O4S3/c1-12-6-4-7-13(10-12)26(21,22)17(2,3)11-18-27(23,24)15-9-5-8-14-16(15)20-25-19-14/h4-10,18H,11H2,1-3H3. The lowest BCUT2D eigenvalue weighted by molar-refractivity contribution is 0.532. The number of benzene rings is 2. The molecule has 27 heavy (non-hydrogen) atoms. The summed E-state index contributed by atoms with van der Waals surface area (Å²) in [7, 11) is -7.70. The van der Waals surface area contributed by atoms with Gasteiger partial charge in [0, 0.05) is 6.54 Å². The zero-order chi connectivity index (χ0) is 19.9. The van der Waals surface area contributed by atoms with Gasteiger partial charge in [0.15, 0.2) is 9.84 Å². The van der Waals surface area contributed by atoms with E-state index in [-0.39, 0.29) is 21.9 Å². The number of sulfonamides is 1. The van der Waals surface area contributed by atoms with Gasteiger partial charge in [-0.1, -0.05) is 18.2 Å². The lowest BCUT2D eigenvalue weighted by Crippen LogP contribution is -2.44. The molecule has 3 rings (SSSR count). The van der Waals surface area contributed by atoms with Crippen LogP contribution in [0.1, 0.15) is 19.4 Å². The van der Waals surface area contributed by atoms with E-state index in [4.69, 9.17) is 0 Å². The van der Waals surface area contributed by atoms with Crippen molar-refractivity contribution in [3.8, 4) is 0 Å². The number of fused-ring (bicyclic) bond motifs is 1. The molecule has 10 heteroatoms. The third-order valence-electron chi connectivity index (χ3n) is 4.25. The molecule has 1 aromatic heterocycles. The Morgan fingerprint density at radius 3 is 2.44 bits per heavy atom. The summed E-state index contributed by atoms with van der Waals surface area (Å²) < 4.78 is 60.6. The van der Waals surface area contributed by atoms with Crippen LogP contribution in [0.3, 0.4) is 0 Å². The smallest absolute Gasteiger partial charge is 0.223 e. The number of aromatic nitrogens is 2. The predicted molar refractivity (Wildman–Crippen MR) is 105 cm³/mol. The van der Waals surface area contributed by atoms with E-state index in [9.17, 15) is 16.8 Å². The molecule has 0 aliphatic heterocycles. The van der Waals surface area contributed by atoms with Crippen LogP contribution in [0.15, 0.2) is 52.3 Å². The van der Waals surface area contributed by atoms with E-state index in [1.807, 2.05) is 0 Å². The first-order valence-corrected chi connectivity index (χ1v) is 11.8. The monoisotopic (exact) mass is 425 g/mol. The number of aryl methyl sites for hydroxylation is 1. The van der Waals surface area contributed by atoms with E-state index in [0.717, 1.165) is 17.3 Å². The minimum atomic E-state index is -3.95. The van der Waals surface area contributed by atoms with Gasteiger partial charge in [-0.3, -0.25) is 0 Å². The van der Waals surface area contributed by atoms with Gasteiger partial charge in [-0.15, -0.1) is 0 Å². The Morgan fingerprint density at radius 2 is 1.74 bits per heavy atom. The maximum atomic E-state index is 13.0. The molecule has 2 aromatic carbocycles.